The number of ketones is 1. The summed E-state index contributed by atoms with van der Waals surface area (Å²) in [5.74, 6) is 0.132. The Kier molecular flexibility index (Phi) is 4.81. The SMILES string of the molecule is CCCC(C)C(=O)CC=O. The Morgan fingerprint density at radius 1 is 1.60 bits per heavy atom. The molecule has 1 atom stereocenters. The minimum Gasteiger partial charge on any atom is -0.303 e. The van der Waals surface area contributed by atoms with Gasteiger partial charge in [-0.15, -0.1) is 0 Å². The van der Waals surface area contributed by atoms with Crippen LogP contribution in [0.15, 0.2) is 0 Å². The first-order valence-electron chi connectivity index (χ1n) is 3.68. The van der Waals surface area contributed by atoms with E-state index >= 15 is 0 Å². The molecule has 0 aliphatic rings. The predicted octanol–water partition coefficient (Wildman–Crippen LogP) is 1.58. The molecule has 2 heteroatoms. The van der Waals surface area contributed by atoms with E-state index in [1.807, 2.05) is 13.8 Å². The van der Waals surface area contributed by atoms with Crippen LogP contribution in [0.2, 0.25) is 0 Å². The maximum Gasteiger partial charge on any atom is 0.142 e. The van der Waals surface area contributed by atoms with Gasteiger partial charge in [0, 0.05) is 5.92 Å². The molecule has 0 aliphatic carbocycles. The van der Waals surface area contributed by atoms with Crippen LogP contribution in [0.5, 0.6) is 0 Å². The second-order valence-corrected chi connectivity index (χ2v) is 2.53. The second kappa shape index (κ2) is 5.15. The lowest BCUT2D eigenvalue weighted by atomic mass is 9.99. The molecule has 0 spiro atoms. The summed E-state index contributed by atoms with van der Waals surface area (Å²) >= 11 is 0. The van der Waals surface area contributed by atoms with Gasteiger partial charge in [0.2, 0.25) is 0 Å². The monoisotopic (exact) mass is 142 g/mol. The summed E-state index contributed by atoms with van der Waals surface area (Å²) in [5.41, 5.74) is 0. The van der Waals surface area contributed by atoms with Crippen LogP contribution in [0, 0.1) is 5.92 Å². The summed E-state index contributed by atoms with van der Waals surface area (Å²) < 4.78 is 0. The first-order valence-corrected chi connectivity index (χ1v) is 3.68. The molecule has 0 saturated heterocycles. The molecule has 0 fully saturated rings. The van der Waals surface area contributed by atoms with Crippen molar-refractivity contribution in [2.24, 2.45) is 5.92 Å². The lowest BCUT2D eigenvalue weighted by molar-refractivity contribution is -0.125. The maximum atomic E-state index is 10.9. The summed E-state index contributed by atoms with van der Waals surface area (Å²) in [5, 5.41) is 0. The van der Waals surface area contributed by atoms with Crippen LogP contribution in [-0.2, 0) is 9.59 Å². The first-order chi connectivity index (χ1) is 4.72. The predicted molar refractivity (Wildman–Crippen MR) is 39.8 cm³/mol. The average Bonchev–Trinajstić information content (AvgIpc) is 1.89. The zero-order chi connectivity index (χ0) is 7.98. The van der Waals surface area contributed by atoms with Gasteiger partial charge in [0.15, 0.2) is 0 Å². The highest BCUT2D eigenvalue weighted by Crippen LogP contribution is 2.06. The quantitative estimate of drug-likeness (QED) is 0.431. The van der Waals surface area contributed by atoms with E-state index in [1.165, 1.54) is 0 Å². The zero-order valence-electron chi connectivity index (χ0n) is 6.59. The molecule has 0 rings (SSSR count). The third kappa shape index (κ3) is 3.38. The van der Waals surface area contributed by atoms with Crippen LogP contribution in [-0.4, -0.2) is 12.1 Å². The van der Waals surface area contributed by atoms with Crippen molar-refractivity contribution in [3.8, 4) is 0 Å². The Labute approximate surface area is 61.6 Å². The highest BCUT2D eigenvalue weighted by atomic mass is 16.1. The van der Waals surface area contributed by atoms with Gasteiger partial charge in [-0.3, -0.25) is 4.79 Å². The van der Waals surface area contributed by atoms with Crippen molar-refractivity contribution in [1.82, 2.24) is 0 Å². The van der Waals surface area contributed by atoms with Gasteiger partial charge in [0.1, 0.15) is 12.1 Å². The molecule has 0 saturated carbocycles. The van der Waals surface area contributed by atoms with Crippen molar-refractivity contribution in [1.29, 1.82) is 0 Å². The van der Waals surface area contributed by atoms with Gasteiger partial charge in [-0.2, -0.15) is 0 Å². The van der Waals surface area contributed by atoms with Gasteiger partial charge in [0.05, 0.1) is 6.42 Å². The number of carbonyl (C=O) groups excluding carboxylic acids is 2. The molecule has 58 valence electrons. The number of hydrogen-bond donors (Lipinski definition) is 0. The second-order valence-electron chi connectivity index (χ2n) is 2.53. The average molecular weight is 142 g/mol. The largest absolute Gasteiger partial charge is 0.303 e. The fourth-order valence-electron chi connectivity index (χ4n) is 0.877. The van der Waals surface area contributed by atoms with Gasteiger partial charge in [-0.25, -0.2) is 0 Å². The Balaban J connectivity index is 3.58. The van der Waals surface area contributed by atoms with Crippen molar-refractivity contribution in [3.05, 3.63) is 0 Å². The van der Waals surface area contributed by atoms with Crippen LogP contribution in [0.4, 0.5) is 0 Å². The van der Waals surface area contributed by atoms with Gasteiger partial charge in [-0.1, -0.05) is 20.3 Å². The molecule has 0 aromatic rings. The standard InChI is InChI=1S/C8H14O2/c1-3-4-7(2)8(10)5-6-9/h6-7H,3-5H2,1-2H3. The molecule has 0 aromatic heterocycles. The van der Waals surface area contributed by atoms with E-state index in [2.05, 4.69) is 0 Å². The van der Waals surface area contributed by atoms with Gasteiger partial charge < -0.3 is 4.79 Å². The van der Waals surface area contributed by atoms with E-state index in [0.717, 1.165) is 12.8 Å². The minimum absolute atomic E-state index is 0.0650. The molecule has 0 aliphatic heterocycles. The maximum absolute atomic E-state index is 10.9. The molecular formula is C8H14O2. The summed E-state index contributed by atoms with van der Waals surface area (Å²) in [6.45, 7) is 3.90. The molecule has 0 heterocycles. The highest BCUT2D eigenvalue weighted by molar-refractivity contribution is 5.91. The topological polar surface area (TPSA) is 34.1 Å². The van der Waals surface area contributed by atoms with Crippen molar-refractivity contribution in [2.75, 3.05) is 0 Å². The molecule has 10 heavy (non-hydrogen) atoms. The lowest BCUT2D eigenvalue weighted by Gasteiger charge is -2.04. The van der Waals surface area contributed by atoms with E-state index in [0.29, 0.717) is 6.29 Å². The van der Waals surface area contributed by atoms with Crippen LogP contribution >= 0.6 is 0 Å². The smallest absolute Gasteiger partial charge is 0.142 e. The van der Waals surface area contributed by atoms with E-state index in [9.17, 15) is 9.59 Å². The molecule has 0 radical (unpaired) electrons. The Hall–Kier alpha value is -0.660. The fraction of sp³-hybridized carbons (Fsp3) is 0.750. The van der Waals surface area contributed by atoms with Crippen LogP contribution < -0.4 is 0 Å². The number of carbonyl (C=O) groups is 2. The van der Waals surface area contributed by atoms with Crippen molar-refractivity contribution >= 4 is 12.1 Å². The lowest BCUT2D eigenvalue weighted by Crippen LogP contribution is -2.10. The van der Waals surface area contributed by atoms with E-state index in [4.69, 9.17) is 0 Å². The van der Waals surface area contributed by atoms with E-state index < -0.39 is 0 Å². The Morgan fingerprint density at radius 2 is 2.20 bits per heavy atom. The number of rotatable bonds is 5. The van der Waals surface area contributed by atoms with Crippen molar-refractivity contribution in [3.63, 3.8) is 0 Å². The van der Waals surface area contributed by atoms with E-state index in [1.54, 1.807) is 0 Å². The Bertz CT molecular complexity index is 118. The van der Waals surface area contributed by atoms with Crippen molar-refractivity contribution < 1.29 is 9.59 Å². The minimum atomic E-state index is 0.0650. The van der Waals surface area contributed by atoms with Gasteiger partial charge in [-0.05, 0) is 6.42 Å². The van der Waals surface area contributed by atoms with Crippen LogP contribution in [0.3, 0.4) is 0 Å². The fourth-order valence-corrected chi connectivity index (χ4v) is 0.877. The molecule has 1 unspecified atom stereocenters. The summed E-state index contributed by atoms with van der Waals surface area (Å²) in [4.78, 5) is 20.8. The highest BCUT2D eigenvalue weighted by Gasteiger charge is 2.09. The molecule has 0 aromatic carbocycles. The van der Waals surface area contributed by atoms with Crippen LogP contribution in [0.25, 0.3) is 0 Å². The Morgan fingerprint density at radius 3 is 2.60 bits per heavy atom. The normalized spacial score (nSPS) is 12.6. The molecule has 0 N–H and O–H groups in total. The molecule has 0 bridgehead atoms. The molecule has 0 amide bonds. The van der Waals surface area contributed by atoms with Crippen molar-refractivity contribution in [2.45, 2.75) is 33.1 Å². The number of aldehydes is 1. The first kappa shape index (κ1) is 9.34. The van der Waals surface area contributed by atoms with E-state index in [-0.39, 0.29) is 18.1 Å². The summed E-state index contributed by atoms with van der Waals surface area (Å²) in [6, 6.07) is 0. The third-order valence-electron chi connectivity index (χ3n) is 1.56. The number of Topliss-reactive ketones (excluding diaryl/α,β-unsaturated/α-hetero) is 1. The summed E-state index contributed by atoms with van der Waals surface area (Å²) in [6.07, 6.45) is 2.66. The molecular weight excluding hydrogens is 128 g/mol. The van der Waals surface area contributed by atoms with Crippen LogP contribution in [0.1, 0.15) is 33.1 Å². The third-order valence-corrected chi connectivity index (χ3v) is 1.56. The van der Waals surface area contributed by atoms with Gasteiger partial charge in [0.25, 0.3) is 0 Å². The van der Waals surface area contributed by atoms with Gasteiger partial charge >= 0.3 is 0 Å². The number of hydrogen-bond acceptors (Lipinski definition) is 2. The summed E-state index contributed by atoms with van der Waals surface area (Å²) in [7, 11) is 0. The molecule has 2 nitrogen and oxygen atoms in total. The zero-order valence-corrected chi connectivity index (χ0v) is 6.59.